The number of unbranched alkanes of at least 4 members (excludes halogenated alkanes) is 4. The van der Waals surface area contributed by atoms with Crippen LogP contribution in [-0.2, 0) is 0 Å². The molecule has 0 saturated heterocycles. The van der Waals surface area contributed by atoms with E-state index in [0.29, 0.717) is 0 Å². The van der Waals surface area contributed by atoms with Crippen molar-refractivity contribution in [1.29, 1.82) is 0 Å². The van der Waals surface area contributed by atoms with Crippen LogP contribution in [0.2, 0.25) is 0 Å². The molecular formula is C15H23NO2. The summed E-state index contributed by atoms with van der Waals surface area (Å²) >= 11 is 0. The second-order valence-electron chi connectivity index (χ2n) is 4.62. The molecule has 1 atom stereocenters. The first-order valence-corrected chi connectivity index (χ1v) is 6.78. The molecule has 0 bridgehead atoms. The molecule has 0 fully saturated rings. The van der Waals surface area contributed by atoms with Crippen LogP contribution in [-0.4, -0.2) is 11.2 Å². The molecule has 1 aromatic carbocycles. The zero-order valence-electron chi connectivity index (χ0n) is 11.1. The quantitative estimate of drug-likeness (QED) is 0.673. The summed E-state index contributed by atoms with van der Waals surface area (Å²) in [4.78, 5) is 10.8. The number of hydrogen-bond donors (Lipinski definition) is 2. The van der Waals surface area contributed by atoms with Gasteiger partial charge in [0.2, 0.25) is 0 Å². The SMILES string of the molecule is CCCCCCCC(NC(=O)O)c1ccccc1. The fourth-order valence-electron chi connectivity index (χ4n) is 2.11. The summed E-state index contributed by atoms with van der Waals surface area (Å²) in [5.41, 5.74) is 1.05. The van der Waals surface area contributed by atoms with Gasteiger partial charge < -0.3 is 10.4 Å². The van der Waals surface area contributed by atoms with Gasteiger partial charge in [-0.2, -0.15) is 0 Å². The topological polar surface area (TPSA) is 49.3 Å². The van der Waals surface area contributed by atoms with Crippen LogP contribution in [0.3, 0.4) is 0 Å². The summed E-state index contributed by atoms with van der Waals surface area (Å²) < 4.78 is 0. The standard InChI is InChI=1S/C15H23NO2/c1-2-3-4-5-9-12-14(16-15(17)18)13-10-7-6-8-11-13/h6-8,10-11,14,16H,2-5,9,12H2,1H3,(H,17,18). The molecule has 0 aliphatic carbocycles. The highest BCUT2D eigenvalue weighted by atomic mass is 16.4. The molecule has 18 heavy (non-hydrogen) atoms. The predicted molar refractivity (Wildman–Crippen MR) is 73.7 cm³/mol. The average molecular weight is 249 g/mol. The van der Waals surface area contributed by atoms with Crippen molar-refractivity contribution in [2.75, 3.05) is 0 Å². The molecular weight excluding hydrogens is 226 g/mol. The monoisotopic (exact) mass is 249 g/mol. The summed E-state index contributed by atoms with van der Waals surface area (Å²) in [7, 11) is 0. The molecule has 100 valence electrons. The first-order chi connectivity index (χ1) is 8.74. The first-order valence-electron chi connectivity index (χ1n) is 6.78. The minimum absolute atomic E-state index is 0.0784. The highest BCUT2D eigenvalue weighted by Gasteiger charge is 2.12. The Morgan fingerprint density at radius 3 is 2.44 bits per heavy atom. The number of hydrogen-bond acceptors (Lipinski definition) is 1. The zero-order chi connectivity index (χ0) is 13.2. The van der Waals surface area contributed by atoms with Crippen LogP contribution in [0, 0.1) is 0 Å². The van der Waals surface area contributed by atoms with Crippen LogP contribution in [0.5, 0.6) is 0 Å². The maximum atomic E-state index is 10.8. The van der Waals surface area contributed by atoms with Crippen LogP contribution in [0.1, 0.15) is 57.1 Å². The molecule has 1 aromatic rings. The molecule has 0 aliphatic rings. The van der Waals surface area contributed by atoms with Crippen LogP contribution in [0.4, 0.5) is 4.79 Å². The Morgan fingerprint density at radius 1 is 1.17 bits per heavy atom. The smallest absolute Gasteiger partial charge is 0.405 e. The number of nitrogens with one attached hydrogen (secondary N) is 1. The lowest BCUT2D eigenvalue weighted by molar-refractivity contribution is 0.189. The molecule has 2 N–H and O–H groups in total. The maximum absolute atomic E-state index is 10.8. The van der Waals surface area contributed by atoms with Gasteiger partial charge in [-0.25, -0.2) is 4.79 Å². The summed E-state index contributed by atoms with van der Waals surface area (Å²) in [6, 6.07) is 9.72. The second-order valence-corrected chi connectivity index (χ2v) is 4.62. The molecule has 0 saturated carbocycles. The van der Waals surface area contributed by atoms with Gasteiger partial charge in [-0.3, -0.25) is 0 Å². The van der Waals surface area contributed by atoms with Crippen molar-refractivity contribution in [2.24, 2.45) is 0 Å². The van der Waals surface area contributed by atoms with Gasteiger partial charge >= 0.3 is 6.09 Å². The third-order valence-corrected chi connectivity index (χ3v) is 3.10. The fourth-order valence-corrected chi connectivity index (χ4v) is 2.11. The number of carbonyl (C=O) groups is 1. The maximum Gasteiger partial charge on any atom is 0.405 e. The van der Waals surface area contributed by atoms with Gasteiger partial charge in [-0.1, -0.05) is 69.4 Å². The van der Waals surface area contributed by atoms with E-state index in [2.05, 4.69) is 12.2 Å². The van der Waals surface area contributed by atoms with E-state index in [9.17, 15) is 4.79 Å². The molecule has 0 aliphatic heterocycles. The predicted octanol–water partition coefficient (Wildman–Crippen LogP) is 4.36. The molecule has 3 nitrogen and oxygen atoms in total. The summed E-state index contributed by atoms with van der Waals surface area (Å²) in [5, 5.41) is 11.5. The highest BCUT2D eigenvalue weighted by Crippen LogP contribution is 2.20. The van der Waals surface area contributed by atoms with Gasteiger partial charge in [-0.05, 0) is 12.0 Å². The average Bonchev–Trinajstić information content (AvgIpc) is 2.38. The number of carboxylic acid groups (broad SMARTS) is 1. The Bertz CT molecular complexity index is 338. The van der Waals surface area contributed by atoms with E-state index in [1.165, 1.54) is 25.7 Å². The van der Waals surface area contributed by atoms with Gasteiger partial charge in [0.1, 0.15) is 0 Å². The largest absolute Gasteiger partial charge is 0.465 e. The molecule has 1 amide bonds. The third kappa shape index (κ3) is 5.71. The van der Waals surface area contributed by atoms with Crippen molar-refractivity contribution in [2.45, 2.75) is 51.5 Å². The van der Waals surface area contributed by atoms with Gasteiger partial charge in [0.05, 0.1) is 6.04 Å². The second kappa shape index (κ2) is 8.56. The first kappa shape index (κ1) is 14.6. The van der Waals surface area contributed by atoms with Crippen molar-refractivity contribution in [1.82, 2.24) is 5.32 Å². The third-order valence-electron chi connectivity index (χ3n) is 3.10. The van der Waals surface area contributed by atoms with Crippen molar-refractivity contribution in [3.05, 3.63) is 35.9 Å². The van der Waals surface area contributed by atoms with Crippen molar-refractivity contribution in [3.8, 4) is 0 Å². The van der Waals surface area contributed by atoms with Crippen molar-refractivity contribution in [3.63, 3.8) is 0 Å². The molecule has 0 aromatic heterocycles. The molecule has 0 heterocycles. The Kier molecular flexibility index (Phi) is 6.92. The number of benzene rings is 1. The molecule has 1 rings (SSSR count). The Balaban J connectivity index is 2.44. The zero-order valence-corrected chi connectivity index (χ0v) is 11.1. The van der Waals surface area contributed by atoms with Gasteiger partial charge in [0.15, 0.2) is 0 Å². The highest BCUT2D eigenvalue weighted by molar-refractivity contribution is 5.65. The van der Waals surface area contributed by atoms with Gasteiger partial charge in [0, 0.05) is 0 Å². The van der Waals surface area contributed by atoms with E-state index < -0.39 is 6.09 Å². The number of amides is 1. The van der Waals surface area contributed by atoms with Crippen LogP contribution < -0.4 is 5.32 Å². The normalized spacial score (nSPS) is 12.1. The summed E-state index contributed by atoms with van der Waals surface area (Å²) in [6.07, 6.45) is 5.92. The molecule has 1 unspecified atom stereocenters. The summed E-state index contributed by atoms with van der Waals surface area (Å²) in [5.74, 6) is 0. The van der Waals surface area contributed by atoms with E-state index in [0.717, 1.165) is 18.4 Å². The lowest BCUT2D eigenvalue weighted by Crippen LogP contribution is -2.26. The van der Waals surface area contributed by atoms with Crippen LogP contribution >= 0.6 is 0 Å². The summed E-state index contributed by atoms with van der Waals surface area (Å²) in [6.45, 7) is 2.19. The van der Waals surface area contributed by atoms with E-state index in [-0.39, 0.29) is 6.04 Å². The minimum atomic E-state index is -0.947. The van der Waals surface area contributed by atoms with E-state index in [1.54, 1.807) is 0 Å². The molecule has 3 heteroatoms. The van der Waals surface area contributed by atoms with Crippen molar-refractivity contribution >= 4 is 6.09 Å². The van der Waals surface area contributed by atoms with Crippen LogP contribution in [0.25, 0.3) is 0 Å². The van der Waals surface area contributed by atoms with E-state index in [1.807, 2.05) is 30.3 Å². The van der Waals surface area contributed by atoms with Crippen molar-refractivity contribution < 1.29 is 9.90 Å². The molecule has 0 spiro atoms. The number of rotatable bonds is 8. The lowest BCUT2D eigenvalue weighted by atomic mass is 10.00. The Hall–Kier alpha value is -1.51. The van der Waals surface area contributed by atoms with Crippen LogP contribution in [0.15, 0.2) is 30.3 Å². The van der Waals surface area contributed by atoms with E-state index in [4.69, 9.17) is 5.11 Å². The molecule has 0 radical (unpaired) electrons. The van der Waals surface area contributed by atoms with E-state index >= 15 is 0 Å². The Morgan fingerprint density at radius 2 is 1.83 bits per heavy atom. The minimum Gasteiger partial charge on any atom is -0.465 e. The lowest BCUT2D eigenvalue weighted by Gasteiger charge is -2.17. The van der Waals surface area contributed by atoms with Gasteiger partial charge in [-0.15, -0.1) is 0 Å². The Labute approximate surface area is 109 Å². The van der Waals surface area contributed by atoms with Gasteiger partial charge in [0.25, 0.3) is 0 Å². The fraction of sp³-hybridized carbons (Fsp3) is 0.533.